The molecule has 0 heterocycles. The van der Waals surface area contributed by atoms with Crippen LogP contribution < -0.4 is 4.74 Å². The summed E-state index contributed by atoms with van der Waals surface area (Å²) in [6.45, 7) is 2.82. The standard InChI is InChI=1S/C26H33FO/c1-2-3-4-5-6-7-8-9-10-14-21-28-26-20-19-24(22-25(26)27)18-17-23-15-12-11-13-16-23/h11-13,15-16,19-20,22H,2-10,14,21H2,1H3. The zero-order chi connectivity index (χ0) is 19.9. The maximum Gasteiger partial charge on any atom is 0.166 e. The Balaban J connectivity index is 1.61. The summed E-state index contributed by atoms with van der Waals surface area (Å²) in [5.41, 5.74) is 1.58. The van der Waals surface area contributed by atoms with E-state index in [9.17, 15) is 4.39 Å². The SMILES string of the molecule is CCCCCCCCCCCCOc1ccc(C#Cc2ccccc2)cc1F. The number of rotatable bonds is 12. The van der Waals surface area contributed by atoms with Crippen molar-refractivity contribution in [2.75, 3.05) is 6.61 Å². The van der Waals surface area contributed by atoms with Gasteiger partial charge in [0.1, 0.15) is 0 Å². The van der Waals surface area contributed by atoms with Crippen molar-refractivity contribution in [1.29, 1.82) is 0 Å². The van der Waals surface area contributed by atoms with Gasteiger partial charge in [0.25, 0.3) is 0 Å². The number of hydrogen-bond donors (Lipinski definition) is 0. The van der Waals surface area contributed by atoms with Crippen molar-refractivity contribution in [3.8, 4) is 17.6 Å². The molecule has 0 atom stereocenters. The van der Waals surface area contributed by atoms with Crippen LogP contribution in [0.15, 0.2) is 48.5 Å². The Kier molecular flexibility index (Phi) is 10.9. The molecule has 2 aromatic carbocycles. The highest BCUT2D eigenvalue weighted by molar-refractivity contribution is 5.44. The van der Waals surface area contributed by atoms with Crippen molar-refractivity contribution in [3.63, 3.8) is 0 Å². The van der Waals surface area contributed by atoms with Crippen LogP contribution in [0.5, 0.6) is 5.75 Å². The smallest absolute Gasteiger partial charge is 0.166 e. The Morgan fingerprint density at radius 1 is 0.714 bits per heavy atom. The van der Waals surface area contributed by atoms with E-state index in [4.69, 9.17) is 4.74 Å². The molecule has 0 aromatic heterocycles. The van der Waals surface area contributed by atoms with E-state index in [-0.39, 0.29) is 5.82 Å². The van der Waals surface area contributed by atoms with Crippen molar-refractivity contribution in [3.05, 3.63) is 65.5 Å². The highest BCUT2D eigenvalue weighted by atomic mass is 19.1. The molecule has 28 heavy (non-hydrogen) atoms. The van der Waals surface area contributed by atoms with Gasteiger partial charge >= 0.3 is 0 Å². The number of hydrogen-bond acceptors (Lipinski definition) is 1. The van der Waals surface area contributed by atoms with Gasteiger partial charge in [-0.1, -0.05) is 94.8 Å². The van der Waals surface area contributed by atoms with Gasteiger partial charge in [-0.2, -0.15) is 0 Å². The second-order valence-electron chi connectivity index (χ2n) is 7.29. The van der Waals surface area contributed by atoms with Gasteiger partial charge in [0.05, 0.1) is 6.61 Å². The zero-order valence-corrected chi connectivity index (χ0v) is 17.2. The summed E-state index contributed by atoms with van der Waals surface area (Å²) in [6, 6.07) is 14.6. The molecular formula is C26H33FO. The molecule has 2 rings (SSSR count). The minimum Gasteiger partial charge on any atom is -0.491 e. The first-order valence-corrected chi connectivity index (χ1v) is 10.8. The molecule has 0 amide bonds. The van der Waals surface area contributed by atoms with Crippen LogP contribution >= 0.6 is 0 Å². The molecule has 0 fully saturated rings. The number of unbranched alkanes of at least 4 members (excludes halogenated alkanes) is 9. The van der Waals surface area contributed by atoms with Crippen LogP contribution in [-0.2, 0) is 0 Å². The molecular weight excluding hydrogens is 347 g/mol. The van der Waals surface area contributed by atoms with Gasteiger partial charge in [-0.15, -0.1) is 0 Å². The highest BCUT2D eigenvalue weighted by Gasteiger charge is 2.04. The summed E-state index contributed by atoms with van der Waals surface area (Å²) in [5.74, 6) is 6.02. The highest BCUT2D eigenvalue weighted by Crippen LogP contribution is 2.19. The lowest BCUT2D eigenvalue weighted by Crippen LogP contribution is -1.99. The maximum absolute atomic E-state index is 14.2. The number of halogens is 1. The topological polar surface area (TPSA) is 9.23 Å². The largest absolute Gasteiger partial charge is 0.491 e. The molecule has 0 aliphatic heterocycles. The second-order valence-corrected chi connectivity index (χ2v) is 7.29. The molecule has 0 spiro atoms. The van der Waals surface area contributed by atoms with Crippen LogP contribution in [0.4, 0.5) is 4.39 Å². The Labute approximate surface area is 170 Å². The van der Waals surface area contributed by atoms with Gasteiger partial charge < -0.3 is 4.74 Å². The van der Waals surface area contributed by atoms with E-state index < -0.39 is 0 Å². The van der Waals surface area contributed by atoms with Gasteiger partial charge in [0, 0.05) is 11.1 Å². The van der Waals surface area contributed by atoms with E-state index in [1.807, 2.05) is 36.4 Å². The average molecular weight is 381 g/mol. The lowest BCUT2D eigenvalue weighted by Gasteiger charge is -2.07. The Morgan fingerprint density at radius 3 is 1.96 bits per heavy atom. The van der Waals surface area contributed by atoms with Crippen molar-refractivity contribution < 1.29 is 9.13 Å². The molecule has 2 heteroatoms. The second kappa shape index (κ2) is 13.8. The van der Waals surface area contributed by atoms with Crippen molar-refractivity contribution >= 4 is 0 Å². The Morgan fingerprint density at radius 2 is 1.32 bits per heavy atom. The summed E-state index contributed by atoms with van der Waals surface area (Å²) in [7, 11) is 0. The molecule has 0 bridgehead atoms. The first kappa shape index (κ1) is 22.0. The molecule has 0 N–H and O–H groups in total. The van der Waals surface area contributed by atoms with Crippen LogP contribution in [0.3, 0.4) is 0 Å². The monoisotopic (exact) mass is 380 g/mol. The fourth-order valence-electron chi connectivity index (χ4n) is 3.13. The maximum atomic E-state index is 14.2. The fraction of sp³-hybridized carbons (Fsp3) is 0.462. The number of benzene rings is 2. The zero-order valence-electron chi connectivity index (χ0n) is 17.2. The quantitative estimate of drug-likeness (QED) is 0.273. The van der Waals surface area contributed by atoms with Crippen LogP contribution in [0, 0.1) is 17.7 Å². The van der Waals surface area contributed by atoms with E-state index in [0.717, 1.165) is 18.4 Å². The van der Waals surface area contributed by atoms with Gasteiger partial charge in [-0.05, 0) is 36.8 Å². The molecule has 0 aliphatic rings. The lowest BCUT2D eigenvalue weighted by molar-refractivity contribution is 0.290. The first-order chi connectivity index (χ1) is 13.8. The third kappa shape index (κ3) is 9.09. The third-order valence-corrected chi connectivity index (χ3v) is 4.81. The van der Waals surface area contributed by atoms with Crippen LogP contribution in [0.2, 0.25) is 0 Å². The van der Waals surface area contributed by atoms with Crippen molar-refractivity contribution in [2.24, 2.45) is 0 Å². The molecule has 0 saturated carbocycles. The van der Waals surface area contributed by atoms with Gasteiger partial charge in [-0.25, -0.2) is 4.39 Å². The minimum absolute atomic E-state index is 0.321. The normalized spacial score (nSPS) is 10.4. The van der Waals surface area contributed by atoms with E-state index in [1.54, 1.807) is 6.07 Å². The number of ether oxygens (including phenoxy) is 1. The minimum atomic E-state index is -0.341. The van der Waals surface area contributed by atoms with Crippen LogP contribution in [-0.4, -0.2) is 6.61 Å². The van der Waals surface area contributed by atoms with E-state index in [2.05, 4.69) is 18.8 Å². The fourth-order valence-corrected chi connectivity index (χ4v) is 3.13. The molecule has 0 aliphatic carbocycles. The van der Waals surface area contributed by atoms with Crippen LogP contribution in [0.1, 0.15) is 82.3 Å². The van der Waals surface area contributed by atoms with Gasteiger partial charge in [0.15, 0.2) is 11.6 Å². The predicted octanol–water partition coefficient (Wildman–Crippen LogP) is 7.53. The molecule has 2 aromatic rings. The van der Waals surface area contributed by atoms with E-state index >= 15 is 0 Å². The summed E-state index contributed by atoms with van der Waals surface area (Å²) in [5, 5.41) is 0. The molecule has 150 valence electrons. The summed E-state index contributed by atoms with van der Waals surface area (Å²) >= 11 is 0. The molecule has 0 saturated heterocycles. The average Bonchev–Trinajstić information content (AvgIpc) is 2.72. The van der Waals surface area contributed by atoms with Gasteiger partial charge in [0.2, 0.25) is 0 Å². The van der Waals surface area contributed by atoms with E-state index in [1.165, 1.54) is 57.4 Å². The lowest BCUT2D eigenvalue weighted by atomic mass is 10.1. The Bertz CT molecular complexity index is 727. The van der Waals surface area contributed by atoms with Crippen LogP contribution in [0.25, 0.3) is 0 Å². The summed E-state index contributed by atoms with van der Waals surface area (Å²) < 4.78 is 19.8. The van der Waals surface area contributed by atoms with Gasteiger partial charge in [-0.3, -0.25) is 0 Å². The molecule has 0 radical (unpaired) electrons. The predicted molar refractivity (Wildman–Crippen MR) is 116 cm³/mol. The molecule has 1 nitrogen and oxygen atoms in total. The van der Waals surface area contributed by atoms with E-state index in [0.29, 0.717) is 17.9 Å². The van der Waals surface area contributed by atoms with Crippen molar-refractivity contribution in [1.82, 2.24) is 0 Å². The molecule has 0 unspecified atom stereocenters. The third-order valence-electron chi connectivity index (χ3n) is 4.81. The Hall–Kier alpha value is -2.27. The summed E-state index contributed by atoms with van der Waals surface area (Å²) in [4.78, 5) is 0. The van der Waals surface area contributed by atoms with Crippen molar-refractivity contribution in [2.45, 2.75) is 71.1 Å². The first-order valence-electron chi connectivity index (χ1n) is 10.8. The summed E-state index contributed by atoms with van der Waals surface area (Å²) in [6.07, 6.45) is 12.8.